The minimum Gasteiger partial charge on any atom is -0.377 e. The highest BCUT2D eigenvalue weighted by molar-refractivity contribution is 7.89. The summed E-state index contributed by atoms with van der Waals surface area (Å²) in [5, 5.41) is 0.0536. The fourth-order valence-corrected chi connectivity index (χ4v) is 4.37. The van der Waals surface area contributed by atoms with Crippen LogP contribution in [0.15, 0.2) is 0 Å². The van der Waals surface area contributed by atoms with Crippen LogP contribution in [0.1, 0.15) is 33.1 Å². The summed E-state index contributed by atoms with van der Waals surface area (Å²) in [6.45, 7) is 4.67. The quantitative estimate of drug-likeness (QED) is 0.795. The molecule has 2 aliphatic rings. The topological polar surface area (TPSA) is 55.4 Å². The molecule has 0 aromatic heterocycles. The van der Waals surface area contributed by atoms with E-state index in [9.17, 15) is 8.42 Å². The highest BCUT2D eigenvalue weighted by atomic mass is 35.5. The molecule has 0 aromatic rings. The van der Waals surface area contributed by atoms with E-state index < -0.39 is 10.0 Å². The summed E-state index contributed by atoms with van der Waals surface area (Å²) in [6, 6.07) is -0.0450. The molecule has 1 saturated carbocycles. The van der Waals surface area contributed by atoms with Gasteiger partial charge in [-0.05, 0) is 24.7 Å². The van der Waals surface area contributed by atoms with E-state index in [-0.39, 0.29) is 28.7 Å². The Hall–Kier alpha value is 0.160. The average molecular weight is 282 g/mol. The van der Waals surface area contributed by atoms with Crippen LogP contribution in [0.2, 0.25) is 0 Å². The van der Waals surface area contributed by atoms with Crippen molar-refractivity contribution in [2.24, 2.45) is 5.41 Å². The van der Waals surface area contributed by atoms with Crippen molar-refractivity contribution >= 4 is 21.6 Å². The van der Waals surface area contributed by atoms with Crippen molar-refractivity contribution in [2.75, 3.05) is 12.4 Å². The number of ether oxygens (including phenoxy) is 1. The summed E-state index contributed by atoms with van der Waals surface area (Å²) in [5.41, 5.74) is -0.162. The van der Waals surface area contributed by atoms with Crippen LogP contribution >= 0.6 is 11.6 Å². The summed E-state index contributed by atoms with van der Waals surface area (Å²) in [5.74, 6) is 0.0759. The first-order valence-corrected chi connectivity index (χ1v) is 8.16. The molecule has 2 rings (SSSR count). The Morgan fingerprint density at radius 3 is 2.65 bits per heavy atom. The summed E-state index contributed by atoms with van der Waals surface area (Å²) in [7, 11) is -3.25. The number of hydrogen-bond donors (Lipinski definition) is 1. The molecule has 2 fully saturated rings. The van der Waals surface area contributed by atoms with Gasteiger partial charge in [-0.2, -0.15) is 0 Å². The van der Waals surface area contributed by atoms with Gasteiger partial charge in [-0.1, -0.05) is 13.8 Å². The molecule has 1 N–H and O–H groups in total. The lowest BCUT2D eigenvalue weighted by Crippen LogP contribution is -2.59. The van der Waals surface area contributed by atoms with Gasteiger partial charge in [-0.15, -0.1) is 11.6 Å². The first-order chi connectivity index (χ1) is 7.81. The zero-order valence-electron chi connectivity index (χ0n) is 10.3. The van der Waals surface area contributed by atoms with E-state index >= 15 is 0 Å². The lowest BCUT2D eigenvalue weighted by molar-refractivity contribution is 0.123. The lowest BCUT2D eigenvalue weighted by atomic mass is 9.67. The molecule has 3 atom stereocenters. The van der Waals surface area contributed by atoms with Crippen LogP contribution in [-0.2, 0) is 14.8 Å². The molecule has 0 amide bonds. The molecule has 0 bridgehead atoms. The molecular formula is C11H20ClNO3S. The third-order valence-corrected chi connectivity index (χ3v) is 6.09. The zero-order chi connectivity index (χ0) is 12.7. The van der Waals surface area contributed by atoms with Crippen molar-refractivity contribution in [2.45, 2.75) is 50.6 Å². The number of hydrogen-bond acceptors (Lipinski definition) is 3. The van der Waals surface area contributed by atoms with Crippen LogP contribution in [0.5, 0.6) is 0 Å². The Morgan fingerprint density at radius 2 is 2.18 bits per heavy atom. The monoisotopic (exact) mass is 281 g/mol. The molecule has 6 heteroatoms. The first-order valence-electron chi connectivity index (χ1n) is 6.07. The predicted octanol–water partition coefficient (Wildman–Crippen LogP) is 1.49. The Labute approximate surface area is 108 Å². The maximum atomic E-state index is 11.9. The fourth-order valence-electron chi connectivity index (χ4n) is 2.36. The zero-order valence-corrected chi connectivity index (χ0v) is 11.9. The van der Waals surface area contributed by atoms with E-state index in [4.69, 9.17) is 16.3 Å². The van der Waals surface area contributed by atoms with Crippen molar-refractivity contribution in [1.29, 1.82) is 0 Å². The van der Waals surface area contributed by atoms with Crippen molar-refractivity contribution in [3.05, 3.63) is 0 Å². The fraction of sp³-hybridized carbons (Fsp3) is 1.00. The minimum atomic E-state index is -3.25. The smallest absolute Gasteiger partial charge is 0.214 e. The average Bonchev–Trinajstić information content (AvgIpc) is 2.69. The molecule has 0 aromatic carbocycles. The second-order valence-electron chi connectivity index (χ2n) is 5.61. The Balaban J connectivity index is 1.89. The highest BCUT2D eigenvalue weighted by Crippen LogP contribution is 2.44. The second-order valence-corrected chi connectivity index (χ2v) is 7.94. The Kier molecular flexibility index (Phi) is 3.74. The van der Waals surface area contributed by atoms with Crippen LogP contribution in [0.25, 0.3) is 0 Å². The number of nitrogens with one attached hydrogen (secondary N) is 1. The standard InChI is InChI=1S/C11H20ClNO3S/c1-11(2)9(12)6-10(11)13-17(14,15)7-8-4-3-5-16-8/h8-10,13H,3-7H2,1-2H3. The number of sulfonamides is 1. The van der Waals surface area contributed by atoms with Gasteiger partial charge in [0.25, 0.3) is 0 Å². The van der Waals surface area contributed by atoms with E-state index in [1.165, 1.54) is 0 Å². The van der Waals surface area contributed by atoms with Gasteiger partial charge in [-0.3, -0.25) is 0 Å². The summed E-state index contributed by atoms with van der Waals surface area (Å²) >= 11 is 6.08. The normalized spacial score (nSPS) is 36.8. The van der Waals surface area contributed by atoms with Crippen LogP contribution < -0.4 is 4.72 Å². The molecule has 0 spiro atoms. The highest BCUT2D eigenvalue weighted by Gasteiger charge is 2.48. The Bertz CT molecular complexity index is 376. The third-order valence-electron chi connectivity index (χ3n) is 3.90. The van der Waals surface area contributed by atoms with E-state index in [0.717, 1.165) is 12.8 Å². The van der Waals surface area contributed by atoms with Gasteiger partial charge in [-0.25, -0.2) is 13.1 Å². The minimum absolute atomic E-state index is 0.0450. The van der Waals surface area contributed by atoms with Gasteiger partial charge in [0.15, 0.2) is 0 Å². The first kappa shape index (κ1) is 13.6. The van der Waals surface area contributed by atoms with Crippen molar-refractivity contribution in [3.8, 4) is 0 Å². The summed E-state index contributed by atoms with van der Waals surface area (Å²) < 4.78 is 32.0. The van der Waals surface area contributed by atoms with Crippen molar-refractivity contribution in [1.82, 2.24) is 4.72 Å². The van der Waals surface area contributed by atoms with Gasteiger partial charge >= 0.3 is 0 Å². The number of rotatable bonds is 4. The maximum Gasteiger partial charge on any atom is 0.214 e. The SMILES string of the molecule is CC1(C)C(Cl)CC1NS(=O)(=O)CC1CCCO1. The summed E-state index contributed by atoms with van der Waals surface area (Å²) in [4.78, 5) is 0. The van der Waals surface area contributed by atoms with Crippen LogP contribution in [0.4, 0.5) is 0 Å². The number of halogens is 1. The molecule has 100 valence electrons. The van der Waals surface area contributed by atoms with Gasteiger partial charge in [0.2, 0.25) is 10.0 Å². The van der Waals surface area contributed by atoms with E-state index in [2.05, 4.69) is 4.72 Å². The Morgan fingerprint density at radius 1 is 1.47 bits per heavy atom. The number of alkyl halides is 1. The van der Waals surface area contributed by atoms with Gasteiger partial charge in [0.1, 0.15) is 0 Å². The predicted molar refractivity (Wildman–Crippen MR) is 67.7 cm³/mol. The van der Waals surface area contributed by atoms with E-state index in [1.807, 2.05) is 13.8 Å². The van der Waals surface area contributed by atoms with E-state index in [1.54, 1.807) is 0 Å². The maximum absolute atomic E-state index is 11.9. The van der Waals surface area contributed by atoms with E-state index in [0.29, 0.717) is 13.0 Å². The molecular weight excluding hydrogens is 262 g/mol. The van der Waals surface area contributed by atoms with Crippen molar-refractivity contribution < 1.29 is 13.2 Å². The summed E-state index contributed by atoms with van der Waals surface area (Å²) in [6.07, 6.45) is 2.37. The molecule has 1 aliphatic carbocycles. The third kappa shape index (κ3) is 2.95. The van der Waals surface area contributed by atoms with Gasteiger partial charge in [0.05, 0.1) is 11.9 Å². The largest absolute Gasteiger partial charge is 0.377 e. The van der Waals surface area contributed by atoms with Crippen LogP contribution in [-0.4, -0.2) is 38.3 Å². The van der Waals surface area contributed by atoms with Crippen molar-refractivity contribution in [3.63, 3.8) is 0 Å². The van der Waals surface area contributed by atoms with Gasteiger partial charge in [0, 0.05) is 18.0 Å². The van der Waals surface area contributed by atoms with Crippen LogP contribution in [0.3, 0.4) is 0 Å². The molecule has 1 heterocycles. The molecule has 1 aliphatic heterocycles. The molecule has 3 unspecified atom stereocenters. The van der Waals surface area contributed by atoms with Crippen LogP contribution in [0, 0.1) is 5.41 Å². The second kappa shape index (κ2) is 4.68. The van der Waals surface area contributed by atoms with Gasteiger partial charge < -0.3 is 4.74 Å². The molecule has 1 saturated heterocycles. The lowest BCUT2D eigenvalue weighted by Gasteiger charge is -2.49. The molecule has 17 heavy (non-hydrogen) atoms. The molecule has 4 nitrogen and oxygen atoms in total. The molecule has 0 radical (unpaired) electrons.